The van der Waals surface area contributed by atoms with Gasteiger partial charge in [-0.1, -0.05) is 19.4 Å². The van der Waals surface area contributed by atoms with Gasteiger partial charge >= 0.3 is 12.1 Å². The molecule has 0 aliphatic carbocycles. The molecule has 0 saturated heterocycles. The fourth-order valence-electron chi connectivity index (χ4n) is 4.12. The summed E-state index contributed by atoms with van der Waals surface area (Å²) in [6, 6.07) is 7.21. The van der Waals surface area contributed by atoms with Crippen molar-refractivity contribution in [1.82, 2.24) is 5.32 Å². The predicted octanol–water partition coefficient (Wildman–Crippen LogP) is 3.95. The van der Waals surface area contributed by atoms with Crippen LogP contribution in [0.1, 0.15) is 30.9 Å². The number of amides is 1. The molecule has 202 valence electrons. The Labute approximate surface area is 217 Å². The van der Waals surface area contributed by atoms with Crippen molar-refractivity contribution < 1.29 is 42.7 Å². The second-order valence-corrected chi connectivity index (χ2v) is 8.51. The zero-order valence-corrected chi connectivity index (χ0v) is 22.0. The number of esters is 1. The Morgan fingerprint density at radius 1 is 0.973 bits per heavy atom. The van der Waals surface area contributed by atoms with Gasteiger partial charge in [0.25, 0.3) is 0 Å². The molecule has 1 atom stereocenters. The zero-order valence-electron chi connectivity index (χ0n) is 22.0. The standard InChI is InChI=1S/C27H35NO9/c1-6-7-10-35-24(29)15-28-27(30)37-22-13-17(8-9-20(22)31-2)11-18-12-19-21(36-16-18)14-23(32-3)26(34-5)25(19)33-4/h8-9,13-14,18H,6-7,10-12,15-16H2,1-5H3,(H,28,30). The first-order chi connectivity index (χ1) is 17.9. The smallest absolute Gasteiger partial charge is 0.413 e. The molecule has 1 aliphatic heterocycles. The number of unbranched alkanes of at least 4 members (excludes halogenated alkanes) is 1. The molecule has 0 fully saturated rings. The minimum absolute atomic E-state index is 0.132. The molecule has 0 aromatic heterocycles. The van der Waals surface area contributed by atoms with Gasteiger partial charge in [0.1, 0.15) is 12.3 Å². The number of carbonyl (C=O) groups is 2. The van der Waals surface area contributed by atoms with E-state index in [1.165, 1.54) is 7.11 Å². The third kappa shape index (κ3) is 7.12. The maximum Gasteiger partial charge on any atom is 0.413 e. The second kappa shape index (κ2) is 13.5. The molecule has 37 heavy (non-hydrogen) atoms. The Kier molecular flexibility index (Phi) is 10.1. The van der Waals surface area contributed by atoms with E-state index in [9.17, 15) is 9.59 Å². The number of nitrogens with one attached hydrogen (secondary N) is 1. The summed E-state index contributed by atoms with van der Waals surface area (Å²) in [4.78, 5) is 24.0. The van der Waals surface area contributed by atoms with Crippen LogP contribution in [0.3, 0.4) is 0 Å². The average molecular weight is 518 g/mol. The molecule has 1 amide bonds. The monoisotopic (exact) mass is 517 g/mol. The highest BCUT2D eigenvalue weighted by Crippen LogP contribution is 2.47. The summed E-state index contributed by atoms with van der Waals surface area (Å²) in [7, 11) is 6.21. The highest BCUT2D eigenvalue weighted by atomic mass is 16.6. The minimum atomic E-state index is -0.774. The van der Waals surface area contributed by atoms with Gasteiger partial charge in [-0.25, -0.2) is 4.79 Å². The van der Waals surface area contributed by atoms with Crippen LogP contribution in [0.2, 0.25) is 0 Å². The van der Waals surface area contributed by atoms with Gasteiger partial charge < -0.3 is 38.5 Å². The molecule has 10 nitrogen and oxygen atoms in total. The van der Waals surface area contributed by atoms with Crippen LogP contribution in [0, 0.1) is 5.92 Å². The molecule has 0 spiro atoms. The zero-order chi connectivity index (χ0) is 26.8. The van der Waals surface area contributed by atoms with E-state index in [0.717, 1.165) is 24.0 Å². The van der Waals surface area contributed by atoms with Crippen LogP contribution in [0.5, 0.6) is 34.5 Å². The number of hydrogen-bond donors (Lipinski definition) is 1. The van der Waals surface area contributed by atoms with Gasteiger partial charge in [-0.15, -0.1) is 0 Å². The fourth-order valence-corrected chi connectivity index (χ4v) is 4.12. The van der Waals surface area contributed by atoms with Crippen molar-refractivity contribution in [3.05, 3.63) is 35.4 Å². The van der Waals surface area contributed by atoms with Crippen LogP contribution in [0.25, 0.3) is 0 Å². The van der Waals surface area contributed by atoms with Crippen molar-refractivity contribution >= 4 is 12.1 Å². The molecular weight excluding hydrogens is 482 g/mol. The van der Waals surface area contributed by atoms with Crippen molar-refractivity contribution in [3.8, 4) is 34.5 Å². The third-order valence-electron chi connectivity index (χ3n) is 5.95. The Balaban J connectivity index is 1.68. The first-order valence-electron chi connectivity index (χ1n) is 12.2. The van der Waals surface area contributed by atoms with Crippen molar-refractivity contribution in [2.45, 2.75) is 32.6 Å². The van der Waals surface area contributed by atoms with E-state index in [2.05, 4.69) is 5.32 Å². The fraction of sp³-hybridized carbons (Fsp3) is 0.481. The van der Waals surface area contributed by atoms with Gasteiger partial charge in [0.15, 0.2) is 23.0 Å². The van der Waals surface area contributed by atoms with Crippen LogP contribution in [0.4, 0.5) is 4.79 Å². The summed E-state index contributed by atoms with van der Waals surface area (Å²) in [6.45, 7) is 2.54. The number of methoxy groups -OCH3 is 4. The highest BCUT2D eigenvalue weighted by Gasteiger charge is 2.28. The minimum Gasteiger partial charge on any atom is -0.493 e. The maximum atomic E-state index is 12.3. The predicted molar refractivity (Wildman–Crippen MR) is 135 cm³/mol. The van der Waals surface area contributed by atoms with Crippen LogP contribution < -0.4 is 33.7 Å². The Morgan fingerprint density at radius 2 is 1.73 bits per heavy atom. The molecule has 2 aromatic rings. The largest absolute Gasteiger partial charge is 0.493 e. The van der Waals surface area contributed by atoms with Crippen LogP contribution in [0.15, 0.2) is 24.3 Å². The molecule has 0 radical (unpaired) electrons. The van der Waals surface area contributed by atoms with E-state index >= 15 is 0 Å². The van der Waals surface area contributed by atoms with Gasteiger partial charge in [-0.05, 0) is 37.0 Å². The number of ether oxygens (including phenoxy) is 7. The highest BCUT2D eigenvalue weighted by molar-refractivity contribution is 5.79. The summed E-state index contributed by atoms with van der Waals surface area (Å²) in [5.41, 5.74) is 1.84. The normalized spacial score (nSPS) is 14.0. The maximum absolute atomic E-state index is 12.3. The Hall–Kier alpha value is -3.82. The first-order valence-corrected chi connectivity index (χ1v) is 12.2. The van der Waals surface area contributed by atoms with E-state index in [4.69, 9.17) is 33.2 Å². The summed E-state index contributed by atoms with van der Waals surface area (Å²) in [6.07, 6.45) is 2.26. The lowest BCUT2D eigenvalue weighted by Crippen LogP contribution is -2.33. The topological polar surface area (TPSA) is 111 Å². The van der Waals surface area contributed by atoms with Crippen molar-refractivity contribution in [2.75, 3.05) is 48.2 Å². The molecule has 0 bridgehead atoms. The van der Waals surface area contributed by atoms with E-state index in [-0.39, 0.29) is 18.2 Å². The molecule has 2 aromatic carbocycles. The van der Waals surface area contributed by atoms with Gasteiger partial charge in [0.2, 0.25) is 5.75 Å². The quantitative estimate of drug-likeness (QED) is 0.330. The first kappa shape index (κ1) is 27.8. The van der Waals surface area contributed by atoms with Gasteiger partial charge in [0.05, 0.1) is 41.7 Å². The molecule has 1 aliphatic rings. The average Bonchev–Trinajstić information content (AvgIpc) is 2.91. The Morgan fingerprint density at radius 3 is 2.41 bits per heavy atom. The molecule has 1 unspecified atom stereocenters. The summed E-state index contributed by atoms with van der Waals surface area (Å²) >= 11 is 0. The van der Waals surface area contributed by atoms with E-state index in [1.54, 1.807) is 33.5 Å². The SMILES string of the molecule is CCCCOC(=O)CNC(=O)Oc1cc(CC2COc3cc(OC)c(OC)c(OC)c3C2)ccc1OC. The van der Waals surface area contributed by atoms with E-state index in [0.29, 0.717) is 54.8 Å². The second-order valence-electron chi connectivity index (χ2n) is 8.51. The third-order valence-corrected chi connectivity index (χ3v) is 5.95. The van der Waals surface area contributed by atoms with Crippen molar-refractivity contribution in [3.63, 3.8) is 0 Å². The van der Waals surface area contributed by atoms with Gasteiger partial charge in [-0.2, -0.15) is 0 Å². The van der Waals surface area contributed by atoms with Crippen molar-refractivity contribution in [2.24, 2.45) is 5.92 Å². The number of hydrogen-bond acceptors (Lipinski definition) is 9. The molecule has 10 heteroatoms. The summed E-state index contributed by atoms with van der Waals surface area (Å²) in [5.74, 6) is 2.61. The lowest BCUT2D eigenvalue weighted by molar-refractivity contribution is -0.142. The van der Waals surface area contributed by atoms with Crippen molar-refractivity contribution in [1.29, 1.82) is 0 Å². The summed E-state index contributed by atoms with van der Waals surface area (Å²) < 4.78 is 38.4. The van der Waals surface area contributed by atoms with Crippen LogP contribution >= 0.6 is 0 Å². The number of rotatable bonds is 12. The van der Waals surface area contributed by atoms with E-state index in [1.807, 2.05) is 19.1 Å². The number of carbonyl (C=O) groups excluding carboxylic acids is 2. The lowest BCUT2D eigenvalue weighted by atomic mass is 9.90. The molecule has 0 saturated carbocycles. The summed E-state index contributed by atoms with van der Waals surface area (Å²) in [5, 5.41) is 2.41. The molecule has 1 heterocycles. The molecular formula is C27H35NO9. The molecule has 3 rings (SSSR count). The number of benzene rings is 2. The number of fused-ring (bicyclic) bond motifs is 1. The van der Waals surface area contributed by atoms with E-state index < -0.39 is 12.1 Å². The van der Waals surface area contributed by atoms with Gasteiger partial charge in [0, 0.05) is 17.5 Å². The lowest BCUT2D eigenvalue weighted by Gasteiger charge is -2.28. The Bertz CT molecular complexity index is 1090. The van der Waals surface area contributed by atoms with Crippen LogP contribution in [-0.2, 0) is 22.4 Å². The molecule has 1 N–H and O–H groups in total. The van der Waals surface area contributed by atoms with Gasteiger partial charge in [-0.3, -0.25) is 4.79 Å². The van der Waals surface area contributed by atoms with Crippen LogP contribution in [-0.4, -0.2) is 60.3 Å².